The molecule has 1 heterocycles. The van der Waals surface area contributed by atoms with E-state index in [2.05, 4.69) is 27.8 Å². The number of nitrogens with one attached hydrogen (secondary N) is 2. The van der Waals surface area contributed by atoms with Crippen molar-refractivity contribution in [2.75, 3.05) is 5.32 Å². The smallest absolute Gasteiger partial charge is 0.253 e. The lowest BCUT2D eigenvalue weighted by Gasteiger charge is -2.12. The Morgan fingerprint density at radius 3 is 2.68 bits per heavy atom. The van der Waals surface area contributed by atoms with Crippen molar-refractivity contribution in [1.82, 2.24) is 10.3 Å². The molecule has 1 saturated carbocycles. The van der Waals surface area contributed by atoms with Crippen molar-refractivity contribution in [2.24, 2.45) is 0 Å². The number of rotatable bonds is 5. The summed E-state index contributed by atoms with van der Waals surface area (Å²) in [5.41, 5.74) is 2.68. The van der Waals surface area contributed by atoms with E-state index in [0.29, 0.717) is 11.6 Å². The van der Waals surface area contributed by atoms with Crippen molar-refractivity contribution in [3.05, 3.63) is 59.9 Å². The van der Waals surface area contributed by atoms with Crippen molar-refractivity contribution in [3.63, 3.8) is 0 Å². The van der Waals surface area contributed by atoms with Gasteiger partial charge in [-0.25, -0.2) is 0 Å². The van der Waals surface area contributed by atoms with E-state index >= 15 is 0 Å². The minimum Gasteiger partial charge on any atom is -0.380 e. The van der Waals surface area contributed by atoms with Crippen LogP contribution in [-0.2, 0) is 6.54 Å². The Labute approximate surface area is 131 Å². The van der Waals surface area contributed by atoms with Crippen molar-refractivity contribution in [1.29, 1.82) is 0 Å². The van der Waals surface area contributed by atoms with Crippen LogP contribution in [0.25, 0.3) is 0 Å². The van der Waals surface area contributed by atoms with E-state index in [1.54, 1.807) is 12.4 Å². The fraction of sp³-hybridized carbons (Fsp3) is 0.333. The Balaban J connectivity index is 1.60. The van der Waals surface area contributed by atoms with Gasteiger partial charge in [0.05, 0.1) is 11.3 Å². The summed E-state index contributed by atoms with van der Waals surface area (Å²) in [6.45, 7) is 0.718. The molecule has 2 N–H and O–H groups in total. The zero-order valence-corrected chi connectivity index (χ0v) is 12.6. The Bertz CT molecular complexity index is 621. The summed E-state index contributed by atoms with van der Waals surface area (Å²) < 4.78 is 0. The molecule has 1 aromatic heterocycles. The quantitative estimate of drug-likeness (QED) is 0.889. The van der Waals surface area contributed by atoms with Gasteiger partial charge in [0.2, 0.25) is 0 Å². The topological polar surface area (TPSA) is 54.0 Å². The molecule has 2 aromatic rings. The highest BCUT2D eigenvalue weighted by Crippen LogP contribution is 2.18. The molecule has 0 bridgehead atoms. The van der Waals surface area contributed by atoms with Crippen LogP contribution in [0.3, 0.4) is 0 Å². The summed E-state index contributed by atoms with van der Waals surface area (Å²) in [5, 5.41) is 6.40. The summed E-state index contributed by atoms with van der Waals surface area (Å²) in [6, 6.07) is 12.3. The molecule has 1 aliphatic carbocycles. The maximum absolute atomic E-state index is 12.2. The normalized spacial score (nSPS) is 14.7. The molecule has 1 fully saturated rings. The average Bonchev–Trinajstić information content (AvgIpc) is 3.07. The first kappa shape index (κ1) is 14.6. The van der Waals surface area contributed by atoms with E-state index < -0.39 is 0 Å². The number of aromatic nitrogens is 1. The summed E-state index contributed by atoms with van der Waals surface area (Å²) in [5.74, 6) is -0.0252. The second kappa shape index (κ2) is 7.07. The number of pyridine rings is 1. The minimum atomic E-state index is -0.0252. The van der Waals surface area contributed by atoms with Gasteiger partial charge in [0.15, 0.2) is 0 Å². The lowest BCUT2D eigenvalue weighted by Crippen LogP contribution is -2.32. The Kier molecular flexibility index (Phi) is 4.68. The number of carbonyl (C=O) groups is 1. The molecule has 0 spiro atoms. The molecule has 0 saturated heterocycles. The van der Waals surface area contributed by atoms with E-state index in [-0.39, 0.29) is 5.91 Å². The average molecular weight is 295 g/mol. The minimum absolute atomic E-state index is 0.0252. The first-order chi connectivity index (χ1) is 10.8. The van der Waals surface area contributed by atoms with Gasteiger partial charge in [0.25, 0.3) is 5.91 Å². The number of carbonyl (C=O) groups excluding carboxylic acids is 1. The summed E-state index contributed by atoms with van der Waals surface area (Å²) in [6.07, 6.45) is 7.97. The molecule has 0 unspecified atom stereocenters. The Morgan fingerprint density at radius 2 is 1.91 bits per heavy atom. The molecule has 0 aliphatic heterocycles. The van der Waals surface area contributed by atoms with Gasteiger partial charge >= 0.3 is 0 Å². The number of hydrogen-bond acceptors (Lipinski definition) is 3. The van der Waals surface area contributed by atoms with E-state index in [0.717, 1.165) is 25.1 Å². The van der Waals surface area contributed by atoms with Crippen LogP contribution in [0.4, 0.5) is 5.69 Å². The lowest BCUT2D eigenvalue weighted by atomic mass is 10.2. The van der Waals surface area contributed by atoms with Crippen molar-refractivity contribution < 1.29 is 4.79 Å². The number of benzene rings is 1. The van der Waals surface area contributed by atoms with Gasteiger partial charge in [-0.05, 0) is 24.5 Å². The van der Waals surface area contributed by atoms with Crippen LogP contribution in [0.5, 0.6) is 0 Å². The molecule has 3 rings (SSSR count). The van der Waals surface area contributed by atoms with E-state index in [1.807, 2.05) is 24.3 Å². The molecule has 1 aromatic carbocycles. The van der Waals surface area contributed by atoms with E-state index in [1.165, 1.54) is 18.4 Å². The van der Waals surface area contributed by atoms with Crippen molar-refractivity contribution in [3.8, 4) is 0 Å². The third-order valence-electron chi connectivity index (χ3n) is 4.03. The van der Waals surface area contributed by atoms with Crippen LogP contribution in [0.15, 0.2) is 48.8 Å². The van der Waals surface area contributed by atoms with Crippen LogP contribution in [0.1, 0.15) is 41.6 Å². The molecule has 1 aliphatic rings. The standard InChI is InChI=1S/C18H21N3O/c22-18(21-16-8-4-5-9-16)15-10-17(13-19-12-15)20-11-14-6-2-1-3-7-14/h1-3,6-7,10,12-13,16,20H,4-5,8-9,11H2,(H,21,22). The van der Waals surface area contributed by atoms with Crippen LogP contribution in [-0.4, -0.2) is 16.9 Å². The predicted molar refractivity (Wildman–Crippen MR) is 87.7 cm³/mol. The van der Waals surface area contributed by atoms with Gasteiger partial charge < -0.3 is 10.6 Å². The maximum Gasteiger partial charge on any atom is 0.253 e. The third-order valence-corrected chi connectivity index (χ3v) is 4.03. The van der Waals surface area contributed by atoms with Gasteiger partial charge in [-0.1, -0.05) is 43.2 Å². The van der Waals surface area contributed by atoms with E-state index in [4.69, 9.17) is 0 Å². The fourth-order valence-electron chi connectivity index (χ4n) is 2.80. The summed E-state index contributed by atoms with van der Waals surface area (Å²) in [4.78, 5) is 16.4. The SMILES string of the molecule is O=C(NC1CCCC1)c1cncc(NCc2ccccc2)c1. The summed E-state index contributed by atoms with van der Waals surface area (Å²) >= 11 is 0. The highest BCUT2D eigenvalue weighted by Gasteiger charge is 2.18. The molecule has 0 radical (unpaired) electrons. The second-order valence-corrected chi connectivity index (χ2v) is 5.76. The monoisotopic (exact) mass is 295 g/mol. The van der Waals surface area contributed by atoms with Gasteiger partial charge in [0.1, 0.15) is 0 Å². The molecule has 1 amide bonds. The molecule has 114 valence electrons. The van der Waals surface area contributed by atoms with Gasteiger partial charge in [-0.15, -0.1) is 0 Å². The van der Waals surface area contributed by atoms with Crippen LogP contribution in [0, 0.1) is 0 Å². The van der Waals surface area contributed by atoms with Crippen molar-refractivity contribution >= 4 is 11.6 Å². The number of hydrogen-bond donors (Lipinski definition) is 2. The van der Waals surface area contributed by atoms with Gasteiger partial charge in [0, 0.05) is 25.0 Å². The largest absolute Gasteiger partial charge is 0.380 e. The lowest BCUT2D eigenvalue weighted by molar-refractivity contribution is 0.0937. The maximum atomic E-state index is 12.2. The Morgan fingerprint density at radius 1 is 1.14 bits per heavy atom. The predicted octanol–water partition coefficient (Wildman–Crippen LogP) is 3.37. The number of nitrogens with zero attached hydrogens (tertiary/aromatic N) is 1. The summed E-state index contributed by atoms with van der Waals surface area (Å²) in [7, 11) is 0. The highest BCUT2D eigenvalue weighted by atomic mass is 16.1. The molecule has 4 heteroatoms. The number of amides is 1. The molecule has 22 heavy (non-hydrogen) atoms. The van der Waals surface area contributed by atoms with Crippen LogP contribution in [0.2, 0.25) is 0 Å². The molecular weight excluding hydrogens is 274 g/mol. The first-order valence-electron chi connectivity index (χ1n) is 7.85. The highest BCUT2D eigenvalue weighted by molar-refractivity contribution is 5.94. The third kappa shape index (κ3) is 3.85. The second-order valence-electron chi connectivity index (χ2n) is 5.76. The van der Waals surface area contributed by atoms with Gasteiger partial charge in [-0.2, -0.15) is 0 Å². The fourth-order valence-corrected chi connectivity index (χ4v) is 2.80. The molecule has 4 nitrogen and oxygen atoms in total. The zero-order valence-electron chi connectivity index (χ0n) is 12.6. The first-order valence-corrected chi connectivity index (χ1v) is 7.85. The molecule has 0 atom stereocenters. The zero-order chi connectivity index (χ0) is 15.2. The molecular formula is C18H21N3O. The Hall–Kier alpha value is -2.36. The van der Waals surface area contributed by atoms with E-state index in [9.17, 15) is 4.79 Å². The van der Waals surface area contributed by atoms with Gasteiger partial charge in [-0.3, -0.25) is 9.78 Å². The van der Waals surface area contributed by atoms with Crippen molar-refractivity contribution in [2.45, 2.75) is 38.3 Å². The number of anilines is 1. The van der Waals surface area contributed by atoms with Crippen LogP contribution >= 0.6 is 0 Å². The van der Waals surface area contributed by atoms with Crippen LogP contribution < -0.4 is 10.6 Å².